The minimum absolute atomic E-state index is 0.0318. The van der Waals surface area contributed by atoms with Crippen molar-refractivity contribution in [2.24, 2.45) is 5.73 Å². The Bertz CT molecular complexity index is 1280. The number of anilines is 1. The SMILES string of the molecule is CNC(=O)COc1cc(C(=N)N)ccc1CNC(=O)c1cc(Cl)cc(N(CC(=O)NC)S(C)(=O)=O)c1. The van der Waals surface area contributed by atoms with Gasteiger partial charge in [-0.15, -0.1) is 0 Å². The van der Waals surface area contributed by atoms with Crippen LogP contribution in [0.15, 0.2) is 36.4 Å². The molecule has 0 saturated carbocycles. The van der Waals surface area contributed by atoms with E-state index in [1.807, 2.05) is 0 Å². The van der Waals surface area contributed by atoms with Gasteiger partial charge < -0.3 is 26.4 Å². The van der Waals surface area contributed by atoms with Gasteiger partial charge in [-0.3, -0.25) is 24.1 Å². The van der Waals surface area contributed by atoms with Gasteiger partial charge in [0.25, 0.3) is 11.8 Å². The Hall–Kier alpha value is -3.84. The maximum Gasteiger partial charge on any atom is 0.257 e. The van der Waals surface area contributed by atoms with Crippen LogP contribution in [0.5, 0.6) is 5.75 Å². The number of amidine groups is 1. The summed E-state index contributed by atoms with van der Waals surface area (Å²) in [6.07, 6.45) is 0.932. The van der Waals surface area contributed by atoms with Gasteiger partial charge in [0.15, 0.2) is 6.61 Å². The highest BCUT2D eigenvalue weighted by Gasteiger charge is 2.22. The summed E-state index contributed by atoms with van der Waals surface area (Å²) >= 11 is 6.14. The summed E-state index contributed by atoms with van der Waals surface area (Å²) in [4.78, 5) is 36.3. The fourth-order valence-corrected chi connectivity index (χ4v) is 4.02. The molecule has 12 nitrogen and oxygen atoms in total. The summed E-state index contributed by atoms with van der Waals surface area (Å²) in [5, 5.41) is 15.1. The van der Waals surface area contributed by atoms with Gasteiger partial charge in [-0.25, -0.2) is 8.42 Å². The van der Waals surface area contributed by atoms with E-state index >= 15 is 0 Å². The average Bonchev–Trinajstić information content (AvgIpc) is 2.82. The van der Waals surface area contributed by atoms with Gasteiger partial charge in [0.05, 0.1) is 11.9 Å². The van der Waals surface area contributed by atoms with E-state index in [0.29, 0.717) is 11.1 Å². The van der Waals surface area contributed by atoms with Gasteiger partial charge in [0.2, 0.25) is 15.9 Å². The molecule has 0 bridgehead atoms. The second-order valence-electron chi connectivity index (χ2n) is 7.52. The number of nitrogens with two attached hydrogens (primary N) is 1. The molecule has 0 aliphatic rings. The molecule has 14 heteroatoms. The molecule has 0 atom stereocenters. The Balaban J connectivity index is 2.30. The van der Waals surface area contributed by atoms with Gasteiger partial charge in [-0.2, -0.15) is 0 Å². The Labute approximate surface area is 213 Å². The standard InChI is InChI=1S/C22H27ClN6O6S/c1-26-19(30)11-29(36(3,33)34)17-7-15(6-16(23)9-17)22(32)28-10-14-5-4-13(21(24)25)8-18(14)35-12-20(31)27-2/h4-9H,10-12H2,1-3H3,(H3,24,25)(H,26,30)(H,27,31)(H,28,32). The molecule has 0 aliphatic carbocycles. The van der Waals surface area contributed by atoms with Crippen LogP contribution in [0.4, 0.5) is 5.69 Å². The fraction of sp³-hybridized carbons (Fsp3) is 0.273. The number of carbonyl (C=O) groups is 3. The summed E-state index contributed by atoms with van der Waals surface area (Å²) in [5.74, 6) is -1.47. The van der Waals surface area contributed by atoms with Crippen molar-refractivity contribution in [2.75, 3.05) is 37.8 Å². The summed E-state index contributed by atoms with van der Waals surface area (Å²) in [5.41, 5.74) is 6.49. The number of benzene rings is 2. The van der Waals surface area contributed by atoms with E-state index in [-0.39, 0.29) is 46.9 Å². The number of nitrogens with one attached hydrogen (secondary N) is 4. The second-order valence-corrected chi connectivity index (χ2v) is 9.86. The minimum Gasteiger partial charge on any atom is -0.483 e. The van der Waals surface area contributed by atoms with Gasteiger partial charge >= 0.3 is 0 Å². The van der Waals surface area contributed by atoms with Crippen molar-refractivity contribution in [1.29, 1.82) is 5.41 Å². The average molecular weight is 539 g/mol. The van der Waals surface area contributed by atoms with Crippen LogP contribution in [0.2, 0.25) is 5.02 Å². The van der Waals surface area contributed by atoms with Crippen molar-refractivity contribution in [1.82, 2.24) is 16.0 Å². The number of carbonyl (C=O) groups excluding carboxylic acids is 3. The lowest BCUT2D eigenvalue weighted by Crippen LogP contribution is -2.39. The van der Waals surface area contributed by atoms with Crippen LogP contribution in [0.1, 0.15) is 21.5 Å². The number of nitrogen functional groups attached to an aromatic ring is 1. The zero-order valence-electron chi connectivity index (χ0n) is 19.8. The number of rotatable bonds is 11. The van der Waals surface area contributed by atoms with E-state index in [0.717, 1.165) is 10.6 Å². The summed E-state index contributed by atoms with van der Waals surface area (Å²) < 4.78 is 30.9. The van der Waals surface area contributed by atoms with Gasteiger partial charge in [0.1, 0.15) is 18.1 Å². The first-order valence-corrected chi connectivity index (χ1v) is 12.7. The van der Waals surface area contributed by atoms with Gasteiger partial charge in [0, 0.05) is 42.4 Å². The zero-order valence-corrected chi connectivity index (χ0v) is 21.4. The third-order valence-electron chi connectivity index (χ3n) is 4.85. The molecule has 0 heterocycles. The Morgan fingerprint density at radius 3 is 2.31 bits per heavy atom. The van der Waals surface area contributed by atoms with Crippen molar-refractivity contribution >= 4 is 50.9 Å². The molecule has 0 aliphatic heterocycles. The van der Waals surface area contributed by atoms with Crippen LogP contribution in [0, 0.1) is 5.41 Å². The molecule has 6 N–H and O–H groups in total. The first-order chi connectivity index (χ1) is 16.8. The number of amides is 3. The highest BCUT2D eigenvalue weighted by atomic mass is 35.5. The molecule has 0 aromatic heterocycles. The topological polar surface area (TPSA) is 184 Å². The molecule has 2 rings (SSSR count). The van der Waals surface area contributed by atoms with Gasteiger partial charge in [-0.1, -0.05) is 23.7 Å². The number of hydrogen-bond donors (Lipinski definition) is 5. The smallest absolute Gasteiger partial charge is 0.257 e. The molecule has 3 amide bonds. The van der Waals surface area contributed by atoms with E-state index in [1.165, 1.54) is 38.4 Å². The van der Waals surface area contributed by atoms with Crippen molar-refractivity contribution < 1.29 is 27.5 Å². The van der Waals surface area contributed by atoms with Crippen LogP contribution in [-0.4, -0.2) is 65.5 Å². The predicted octanol–water partition coefficient (Wildman–Crippen LogP) is 0.191. The predicted molar refractivity (Wildman–Crippen MR) is 136 cm³/mol. The maximum atomic E-state index is 12.9. The lowest BCUT2D eigenvalue weighted by Gasteiger charge is -2.22. The van der Waals surface area contributed by atoms with E-state index in [1.54, 1.807) is 12.1 Å². The van der Waals surface area contributed by atoms with Crippen LogP contribution >= 0.6 is 11.6 Å². The molecule has 0 unspecified atom stereocenters. The van der Waals surface area contributed by atoms with Crippen molar-refractivity contribution in [3.8, 4) is 5.75 Å². The molecule has 0 saturated heterocycles. The minimum atomic E-state index is -3.86. The molecule has 194 valence electrons. The molecule has 36 heavy (non-hydrogen) atoms. The molecule has 0 spiro atoms. The van der Waals surface area contributed by atoms with Crippen LogP contribution in [0.25, 0.3) is 0 Å². The third-order valence-corrected chi connectivity index (χ3v) is 6.21. The zero-order chi connectivity index (χ0) is 27.0. The lowest BCUT2D eigenvalue weighted by atomic mass is 10.1. The summed E-state index contributed by atoms with van der Waals surface area (Å²) in [7, 11) is -1.04. The molecular formula is C22H27ClN6O6S. The van der Waals surface area contributed by atoms with E-state index in [9.17, 15) is 22.8 Å². The molecule has 2 aromatic rings. The lowest BCUT2D eigenvalue weighted by molar-refractivity contribution is -0.122. The highest BCUT2D eigenvalue weighted by molar-refractivity contribution is 7.92. The monoisotopic (exact) mass is 538 g/mol. The molecule has 0 fully saturated rings. The van der Waals surface area contributed by atoms with Crippen molar-refractivity contribution in [3.05, 3.63) is 58.1 Å². The van der Waals surface area contributed by atoms with E-state index in [4.69, 9.17) is 27.5 Å². The summed E-state index contributed by atoms with van der Waals surface area (Å²) in [6, 6.07) is 8.61. The number of nitrogens with zero attached hydrogens (tertiary/aromatic N) is 1. The fourth-order valence-electron chi connectivity index (χ4n) is 2.95. The number of ether oxygens (including phenoxy) is 1. The number of hydrogen-bond acceptors (Lipinski definition) is 7. The largest absolute Gasteiger partial charge is 0.483 e. The van der Waals surface area contributed by atoms with Crippen LogP contribution < -0.4 is 30.7 Å². The Morgan fingerprint density at radius 2 is 1.72 bits per heavy atom. The number of sulfonamides is 1. The first-order valence-electron chi connectivity index (χ1n) is 10.4. The highest BCUT2D eigenvalue weighted by Crippen LogP contribution is 2.25. The number of halogens is 1. The van der Waals surface area contributed by atoms with Gasteiger partial charge in [-0.05, 0) is 24.3 Å². The quantitative estimate of drug-likeness (QED) is 0.200. The molecule has 0 radical (unpaired) electrons. The molecular weight excluding hydrogens is 512 g/mol. The maximum absolute atomic E-state index is 12.9. The van der Waals surface area contributed by atoms with E-state index < -0.39 is 28.4 Å². The van der Waals surface area contributed by atoms with E-state index in [2.05, 4.69) is 16.0 Å². The Morgan fingerprint density at radius 1 is 1.06 bits per heavy atom. The van der Waals surface area contributed by atoms with Crippen LogP contribution in [0.3, 0.4) is 0 Å². The normalized spacial score (nSPS) is 10.8. The summed E-state index contributed by atoms with van der Waals surface area (Å²) in [6.45, 7) is -0.815. The van der Waals surface area contributed by atoms with Crippen molar-refractivity contribution in [3.63, 3.8) is 0 Å². The first kappa shape index (κ1) is 28.4. The third kappa shape index (κ3) is 7.85. The Kier molecular flexibility index (Phi) is 9.64. The van der Waals surface area contributed by atoms with Crippen LogP contribution in [-0.2, 0) is 26.2 Å². The van der Waals surface area contributed by atoms with Crippen molar-refractivity contribution in [2.45, 2.75) is 6.54 Å². The second kappa shape index (κ2) is 12.2. The number of likely N-dealkylation sites (N-methyl/N-ethyl adjacent to an activating group) is 2. The molecule has 2 aromatic carbocycles.